The number of amides is 2. The van der Waals surface area contributed by atoms with Gasteiger partial charge in [0.05, 0.1) is 28.7 Å². The molecule has 11 heteroatoms. The average molecular weight is 734 g/mol. The Labute approximate surface area is 308 Å². The van der Waals surface area contributed by atoms with Gasteiger partial charge in [-0.2, -0.15) is 0 Å². The second kappa shape index (κ2) is 16.1. The van der Waals surface area contributed by atoms with Gasteiger partial charge < -0.3 is 10.2 Å². The maximum absolute atomic E-state index is 13.4. The van der Waals surface area contributed by atoms with Gasteiger partial charge in [-0.05, 0) is 85.3 Å². The normalized spacial score (nSPS) is 20.9. The lowest BCUT2D eigenvalue weighted by atomic mass is 9.72. The number of sulfonamides is 1. The molecule has 51 heavy (non-hydrogen) atoms. The van der Waals surface area contributed by atoms with Crippen molar-refractivity contribution in [2.75, 3.05) is 23.7 Å². The standard InChI is InChI=1S/C40H55N5O4S2/c1-5-6-27-9-13-30(14-10-27)31-19-21-45(22-20-31)33-24-41-37(42-25-33)32-15-11-28(12-16-32)23-34(38(46)44-51(48,49)26-29-7-8-29)43-39(47)35-17-18-36(50-35)40(2,3)4/h11-12,15-18,24-25,27,29-31,34H,5-10,13-14,19-23,26H2,1-4H3,(H,43,47)(H,44,46)/t27-,30-,34?. The third-order valence-electron chi connectivity index (χ3n) is 11.0. The van der Waals surface area contributed by atoms with Crippen LogP contribution in [0.3, 0.4) is 0 Å². The van der Waals surface area contributed by atoms with Crippen molar-refractivity contribution in [2.45, 2.75) is 110 Å². The lowest BCUT2D eigenvalue weighted by Gasteiger charge is -2.39. The number of nitrogens with one attached hydrogen (secondary N) is 2. The van der Waals surface area contributed by atoms with E-state index < -0.39 is 27.9 Å². The number of hydrogen-bond acceptors (Lipinski definition) is 8. The fraction of sp³-hybridized carbons (Fsp3) is 0.600. The number of nitrogens with zero attached hydrogens (tertiary/aromatic N) is 3. The molecule has 3 fully saturated rings. The van der Waals surface area contributed by atoms with Gasteiger partial charge in [-0.1, -0.05) is 77.6 Å². The van der Waals surface area contributed by atoms with Crippen LogP contribution in [-0.4, -0.2) is 55.1 Å². The SMILES string of the molecule is CCC[C@H]1CC[C@H](C2CCN(c3cnc(-c4ccc(CC(NC(=O)c5ccc(C(C)(C)C)s5)C(=O)NS(=O)(=O)CC5CC5)cc4)nc3)CC2)CC1. The topological polar surface area (TPSA) is 121 Å². The second-order valence-corrected chi connectivity index (χ2v) is 19.0. The summed E-state index contributed by atoms with van der Waals surface area (Å²) in [6.07, 6.45) is 16.5. The first-order valence-electron chi connectivity index (χ1n) is 19.0. The van der Waals surface area contributed by atoms with E-state index in [1.54, 1.807) is 6.07 Å². The number of piperidine rings is 1. The van der Waals surface area contributed by atoms with Gasteiger partial charge in [-0.25, -0.2) is 18.4 Å². The zero-order valence-corrected chi connectivity index (χ0v) is 32.3. The summed E-state index contributed by atoms with van der Waals surface area (Å²) in [5.74, 6) is 2.18. The molecular weight excluding hydrogens is 679 g/mol. The largest absolute Gasteiger partial charge is 0.369 e. The van der Waals surface area contributed by atoms with Crippen molar-refractivity contribution in [3.05, 3.63) is 64.1 Å². The number of thiophene rings is 1. The smallest absolute Gasteiger partial charge is 0.262 e. The molecule has 3 aliphatic rings. The van der Waals surface area contributed by atoms with Crippen LogP contribution >= 0.6 is 11.3 Å². The van der Waals surface area contributed by atoms with Gasteiger partial charge in [-0.15, -0.1) is 11.3 Å². The minimum absolute atomic E-state index is 0.0783. The van der Waals surface area contributed by atoms with Crippen LogP contribution in [0.15, 0.2) is 48.8 Å². The van der Waals surface area contributed by atoms with Crippen LogP contribution in [0.1, 0.15) is 112 Å². The quantitative estimate of drug-likeness (QED) is 0.186. The molecule has 9 nitrogen and oxygen atoms in total. The van der Waals surface area contributed by atoms with Crippen molar-refractivity contribution in [3.8, 4) is 11.4 Å². The van der Waals surface area contributed by atoms with Crippen LogP contribution in [0.2, 0.25) is 0 Å². The molecule has 3 heterocycles. The van der Waals surface area contributed by atoms with E-state index in [0.717, 1.165) is 65.4 Å². The van der Waals surface area contributed by atoms with Gasteiger partial charge in [0.15, 0.2) is 5.82 Å². The van der Waals surface area contributed by atoms with Crippen LogP contribution in [0, 0.1) is 23.7 Å². The maximum atomic E-state index is 13.4. The van der Waals surface area contributed by atoms with Gasteiger partial charge in [0.25, 0.3) is 11.8 Å². The van der Waals surface area contributed by atoms with E-state index in [1.807, 2.05) is 42.7 Å². The lowest BCUT2D eigenvalue weighted by molar-refractivity contribution is -0.121. The van der Waals surface area contributed by atoms with E-state index in [-0.39, 0.29) is 23.5 Å². The Hall–Kier alpha value is -3.31. The fourth-order valence-electron chi connectivity index (χ4n) is 7.81. The summed E-state index contributed by atoms with van der Waals surface area (Å²) in [4.78, 5) is 40.0. The summed E-state index contributed by atoms with van der Waals surface area (Å²) < 4.78 is 27.6. The van der Waals surface area contributed by atoms with Crippen LogP contribution in [0.25, 0.3) is 11.4 Å². The number of carbonyl (C=O) groups is 2. The second-order valence-electron chi connectivity index (χ2n) is 16.2. The Kier molecular flexibility index (Phi) is 11.9. The maximum Gasteiger partial charge on any atom is 0.262 e. The summed E-state index contributed by atoms with van der Waals surface area (Å²) in [6, 6.07) is 10.2. The third-order valence-corrected chi connectivity index (χ3v) is 14.0. The Bertz CT molecular complexity index is 1730. The van der Waals surface area contributed by atoms with Crippen LogP contribution in [0.5, 0.6) is 0 Å². The highest BCUT2D eigenvalue weighted by Gasteiger charge is 2.33. The first kappa shape index (κ1) is 37.4. The molecule has 2 N–H and O–H groups in total. The molecular formula is C40H55N5O4S2. The van der Waals surface area contributed by atoms with Gasteiger partial charge in [0, 0.05) is 30.0 Å². The molecule has 1 aromatic carbocycles. The molecule has 276 valence electrons. The van der Waals surface area contributed by atoms with Crippen LogP contribution in [0.4, 0.5) is 5.69 Å². The van der Waals surface area contributed by atoms with E-state index >= 15 is 0 Å². The van der Waals surface area contributed by atoms with Crippen molar-refractivity contribution in [1.82, 2.24) is 20.0 Å². The van der Waals surface area contributed by atoms with E-state index in [1.165, 1.54) is 62.7 Å². The monoisotopic (exact) mass is 733 g/mol. The van der Waals surface area contributed by atoms with Gasteiger partial charge >= 0.3 is 0 Å². The molecule has 2 aromatic heterocycles. The molecule has 1 atom stereocenters. The molecule has 2 amide bonds. The first-order valence-corrected chi connectivity index (χ1v) is 21.5. The van der Waals surface area contributed by atoms with Crippen molar-refractivity contribution in [2.24, 2.45) is 23.7 Å². The molecule has 2 aliphatic carbocycles. The summed E-state index contributed by atoms with van der Waals surface area (Å²) in [6.45, 7) is 10.6. The highest BCUT2D eigenvalue weighted by molar-refractivity contribution is 7.90. The number of hydrogen-bond donors (Lipinski definition) is 2. The molecule has 6 rings (SSSR count). The number of rotatable bonds is 13. The highest BCUT2D eigenvalue weighted by atomic mass is 32.2. The zero-order chi connectivity index (χ0) is 36.2. The Morgan fingerprint density at radius 1 is 0.882 bits per heavy atom. The van der Waals surface area contributed by atoms with Crippen molar-refractivity contribution in [3.63, 3.8) is 0 Å². The van der Waals surface area contributed by atoms with Crippen LogP contribution in [-0.2, 0) is 26.7 Å². The molecule has 2 saturated carbocycles. The molecule has 1 unspecified atom stereocenters. The minimum atomic E-state index is -3.81. The van der Waals surface area contributed by atoms with Crippen molar-refractivity contribution in [1.29, 1.82) is 0 Å². The van der Waals surface area contributed by atoms with Crippen molar-refractivity contribution >= 4 is 38.9 Å². The molecule has 1 saturated heterocycles. The molecule has 1 aliphatic heterocycles. The number of benzene rings is 1. The summed E-state index contributed by atoms with van der Waals surface area (Å²) >= 11 is 1.38. The first-order chi connectivity index (χ1) is 24.4. The molecule has 0 spiro atoms. The van der Waals surface area contributed by atoms with E-state index in [2.05, 4.69) is 42.6 Å². The molecule has 0 radical (unpaired) electrons. The predicted octanol–water partition coefficient (Wildman–Crippen LogP) is 7.52. The van der Waals surface area contributed by atoms with E-state index in [4.69, 9.17) is 9.97 Å². The predicted molar refractivity (Wildman–Crippen MR) is 205 cm³/mol. The van der Waals surface area contributed by atoms with Crippen molar-refractivity contribution < 1.29 is 18.0 Å². The van der Waals surface area contributed by atoms with Gasteiger partial charge in [0.2, 0.25) is 10.0 Å². The summed E-state index contributed by atoms with van der Waals surface area (Å²) in [5.41, 5.74) is 2.56. The summed E-state index contributed by atoms with van der Waals surface area (Å²) in [5, 5.41) is 2.81. The van der Waals surface area contributed by atoms with Gasteiger partial charge in [-0.3, -0.25) is 14.3 Å². The van der Waals surface area contributed by atoms with Gasteiger partial charge in [0.1, 0.15) is 6.04 Å². The Balaban J connectivity index is 1.07. The van der Waals surface area contributed by atoms with E-state index in [0.29, 0.717) is 10.7 Å². The summed E-state index contributed by atoms with van der Waals surface area (Å²) in [7, 11) is -3.81. The minimum Gasteiger partial charge on any atom is -0.369 e. The van der Waals surface area contributed by atoms with Crippen LogP contribution < -0.4 is 14.9 Å². The lowest BCUT2D eigenvalue weighted by Crippen LogP contribution is -2.50. The number of aromatic nitrogens is 2. The van der Waals surface area contributed by atoms with E-state index in [9.17, 15) is 18.0 Å². The number of anilines is 1. The highest BCUT2D eigenvalue weighted by Crippen LogP contribution is 2.40. The number of carbonyl (C=O) groups excluding carboxylic acids is 2. The Morgan fingerprint density at radius 3 is 2.10 bits per heavy atom. The zero-order valence-electron chi connectivity index (χ0n) is 30.7. The average Bonchev–Trinajstić information content (AvgIpc) is 3.75. The molecule has 3 aromatic rings. The fourth-order valence-corrected chi connectivity index (χ4v) is 10.3. The molecule has 0 bridgehead atoms. The Morgan fingerprint density at radius 2 is 1.51 bits per heavy atom. The third kappa shape index (κ3) is 10.2.